The monoisotopic (exact) mass is 344 g/mol. The third kappa shape index (κ3) is 4.96. The number of aryl methyl sites for hydroxylation is 1. The quantitative estimate of drug-likeness (QED) is 0.893. The van der Waals surface area contributed by atoms with Crippen LogP contribution in [0.25, 0.3) is 0 Å². The van der Waals surface area contributed by atoms with Crippen LogP contribution >= 0.6 is 0 Å². The largest absolute Gasteiger partial charge is 0.378 e. The van der Waals surface area contributed by atoms with E-state index in [2.05, 4.69) is 20.2 Å². The molecule has 0 spiro atoms. The van der Waals surface area contributed by atoms with Gasteiger partial charge in [0.05, 0.1) is 26.2 Å². The molecule has 0 bridgehead atoms. The first-order chi connectivity index (χ1) is 12.1. The minimum Gasteiger partial charge on any atom is -0.378 e. The molecular formula is C18H21FN4O2. The molecule has 1 aromatic carbocycles. The first-order valence-corrected chi connectivity index (χ1v) is 8.28. The SMILES string of the molecule is Cc1cc(N2CCOCC2)nc(CNC(=O)Cc2ccc(F)cc2)n1. The zero-order valence-electron chi connectivity index (χ0n) is 14.2. The smallest absolute Gasteiger partial charge is 0.224 e. The van der Waals surface area contributed by atoms with Crippen LogP contribution in [0.4, 0.5) is 10.2 Å². The summed E-state index contributed by atoms with van der Waals surface area (Å²) in [6.45, 7) is 5.15. The Bertz CT molecular complexity index is 730. The summed E-state index contributed by atoms with van der Waals surface area (Å²) >= 11 is 0. The predicted molar refractivity (Wildman–Crippen MR) is 91.8 cm³/mol. The number of morpholine rings is 1. The number of nitrogens with zero attached hydrogens (tertiary/aromatic N) is 3. The molecule has 0 aliphatic carbocycles. The Balaban J connectivity index is 1.59. The summed E-state index contributed by atoms with van der Waals surface area (Å²) in [7, 11) is 0. The van der Waals surface area contributed by atoms with E-state index in [4.69, 9.17) is 4.74 Å². The van der Waals surface area contributed by atoms with Crippen molar-refractivity contribution in [1.82, 2.24) is 15.3 Å². The minimum atomic E-state index is -0.312. The van der Waals surface area contributed by atoms with E-state index < -0.39 is 0 Å². The molecule has 0 atom stereocenters. The van der Waals surface area contributed by atoms with Gasteiger partial charge in [-0.2, -0.15) is 0 Å². The maximum Gasteiger partial charge on any atom is 0.224 e. The zero-order valence-corrected chi connectivity index (χ0v) is 14.2. The van der Waals surface area contributed by atoms with Crippen molar-refractivity contribution < 1.29 is 13.9 Å². The van der Waals surface area contributed by atoms with Crippen molar-refractivity contribution in [2.45, 2.75) is 19.9 Å². The number of hydrogen-bond acceptors (Lipinski definition) is 5. The summed E-state index contributed by atoms with van der Waals surface area (Å²) in [5.41, 5.74) is 1.62. The second-order valence-corrected chi connectivity index (χ2v) is 5.96. The Morgan fingerprint density at radius 3 is 2.68 bits per heavy atom. The summed E-state index contributed by atoms with van der Waals surface area (Å²) in [6.07, 6.45) is 0.197. The fraction of sp³-hybridized carbons (Fsp3) is 0.389. The molecule has 6 nitrogen and oxygen atoms in total. The van der Waals surface area contributed by atoms with Gasteiger partial charge in [-0.15, -0.1) is 0 Å². The van der Waals surface area contributed by atoms with Crippen molar-refractivity contribution >= 4 is 11.7 Å². The van der Waals surface area contributed by atoms with Gasteiger partial charge in [-0.05, 0) is 24.6 Å². The van der Waals surface area contributed by atoms with E-state index in [0.29, 0.717) is 19.0 Å². The number of halogens is 1. The summed E-state index contributed by atoms with van der Waals surface area (Å²) in [5.74, 6) is 0.977. The fourth-order valence-electron chi connectivity index (χ4n) is 2.67. The Labute approximate surface area is 146 Å². The molecule has 132 valence electrons. The lowest BCUT2D eigenvalue weighted by Crippen LogP contribution is -2.37. The van der Waals surface area contributed by atoms with Gasteiger partial charge in [-0.1, -0.05) is 12.1 Å². The number of carbonyl (C=O) groups excluding carboxylic acids is 1. The van der Waals surface area contributed by atoms with Crippen LogP contribution in [0.3, 0.4) is 0 Å². The van der Waals surface area contributed by atoms with Crippen molar-refractivity contribution in [3.05, 3.63) is 53.2 Å². The van der Waals surface area contributed by atoms with Crippen molar-refractivity contribution in [1.29, 1.82) is 0 Å². The highest BCUT2D eigenvalue weighted by Crippen LogP contribution is 2.14. The van der Waals surface area contributed by atoms with E-state index in [-0.39, 0.29) is 24.7 Å². The summed E-state index contributed by atoms with van der Waals surface area (Å²) in [6, 6.07) is 7.85. The molecule has 1 aromatic heterocycles. The molecule has 1 fully saturated rings. The second kappa shape index (κ2) is 8.02. The van der Waals surface area contributed by atoms with Crippen LogP contribution in [-0.2, 0) is 22.5 Å². The van der Waals surface area contributed by atoms with Gasteiger partial charge >= 0.3 is 0 Å². The van der Waals surface area contributed by atoms with Gasteiger partial charge < -0.3 is 15.0 Å². The average Bonchev–Trinajstić information content (AvgIpc) is 2.62. The molecule has 0 unspecified atom stereocenters. The Morgan fingerprint density at radius 1 is 1.24 bits per heavy atom. The first-order valence-electron chi connectivity index (χ1n) is 8.28. The average molecular weight is 344 g/mol. The van der Waals surface area contributed by atoms with E-state index in [1.807, 2.05) is 13.0 Å². The topological polar surface area (TPSA) is 67.3 Å². The molecule has 2 heterocycles. The van der Waals surface area contributed by atoms with E-state index in [1.54, 1.807) is 12.1 Å². The molecule has 25 heavy (non-hydrogen) atoms. The lowest BCUT2D eigenvalue weighted by atomic mass is 10.1. The van der Waals surface area contributed by atoms with Crippen LogP contribution in [-0.4, -0.2) is 42.2 Å². The molecule has 0 saturated carbocycles. The van der Waals surface area contributed by atoms with Crippen molar-refractivity contribution in [3.8, 4) is 0 Å². The lowest BCUT2D eigenvalue weighted by molar-refractivity contribution is -0.120. The highest BCUT2D eigenvalue weighted by Gasteiger charge is 2.14. The Kier molecular flexibility index (Phi) is 5.55. The second-order valence-electron chi connectivity index (χ2n) is 5.96. The van der Waals surface area contributed by atoms with E-state index >= 15 is 0 Å². The van der Waals surface area contributed by atoms with Crippen LogP contribution < -0.4 is 10.2 Å². The third-order valence-electron chi connectivity index (χ3n) is 3.94. The number of benzene rings is 1. The van der Waals surface area contributed by atoms with Gasteiger partial charge in [0.2, 0.25) is 5.91 Å². The van der Waals surface area contributed by atoms with Crippen LogP contribution in [0.15, 0.2) is 30.3 Å². The van der Waals surface area contributed by atoms with E-state index in [0.717, 1.165) is 30.2 Å². The Morgan fingerprint density at radius 2 is 1.96 bits per heavy atom. The van der Waals surface area contributed by atoms with Crippen LogP contribution in [0.5, 0.6) is 0 Å². The normalized spacial score (nSPS) is 14.4. The van der Waals surface area contributed by atoms with Crippen LogP contribution in [0, 0.1) is 12.7 Å². The van der Waals surface area contributed by atoms with Crippen molar-refractivity contribution in [2.24, 2.45) is 0 Å². The molecule has 1 N–H and O–H groups in total. The van der Waals surface area contributed by atoms with E-state index in [1.165, 1.54) is 12.1 Å². The highest BCUT2D eigenvalue weighted by molar-refractivity contribution is 5.78. The van der Waals surface area contributed by atoms with Gasteiger partial charge in [0.1, 0.15) is 17.5 Å². The lowest BCUT2D eigenvalue weighted by Gasteiger charge is -2.28. The van der Waals surface area contributed by atoms with Crippen molar-refractivity contribution in [2.75, 3.05) is 31.2 Å². The molecule has 0 radical (unpaired) electrons. The fourth-order valence-corrected chi connectivity index (χ4v) is 2.67. The minimum absolute atomic E-state index is 0.148. The Hall–Kier alpha value is -2.54. The molecule has 3 rings (SSSR count). The zero-order chi connectivity index (χ0) is 17.6. The van der Waals surface area contributed by atoms with Gasteiger partial charge in [0.15, 0.2) is 0 Å². The molecule has 2 aromatic rings. The van der Waals surface area contributed by atoms with E-state index in [9.17, 15) is 9.18 Å². The standard InChI is InChI=1S/C18H21FN4O2/c1-13-10-17(23-6-8-25-9-7-23)22-16(21-13)12-20-18(24)11-14-2-4-15(19)5-3-14/h2-5,10H,6-9,11-12H2,1H3,(H,20,24). The highest BCUT2D eigenvalue weighted by atomic mass is 19.1. The molecule has 1 aliphatic rings. The number of aromatic nitrogens is 2. The predicted octanol–water partition coefficient (Wildman–Crippen LogP) is 1.62. The summed E-state index contributed by atoms with van der Waals surface area (Å²) in [4.78, 5) is 23.1. The molecule has 7 heteroatoms. The maximum absolute atomic E-state index is 12.9. The number of anilines is 1. The molecule has 1 saturated heterocycles. The van der Waals surface area contributed by atoms with Crippen molar-refractivity contribution in [3.63, 3.8) is 0 Å². The third-order valence-corrected chi connectivity index (χ3v) is 3.94. The van der Waals surface area contributed by atoms with Gasteiger partial charge in [0.25, 0.3) is 0 Å². The van der Waals surface area contributed by atoms with Gasteiger partial charge in [0, 0.05) is 24.8 Å². The van der Waals surface area contributed by atoms with Gasteiger partial charge in [-0.3, -0.25) is 4.79 Å². The first kappa shape index (κ1) is 17.3. The molecular weight excluding hydrogens is 323 g/mol. The van der Waals surface area contributed by atoms with Crippen LogP contribution in [0.1, 0.15) is 17.1 Å². The number of hydrogen-bond donors (Lipinski definition) is 1. The number of ether oxygens (including phenoxy) is 1. The summed E-state index contributed by atoms with van der Waals surface area (Å²) in [5, 5.41) is 2.82. The number of carbonyl (C=O) groups is 1. The number of amides is 1. The number of rotatable bonds is 5. The van der Waals surface area contributed by atoms with Gasteiger partial charge in [-0.25, -0.2) is 14.4 Å². The summed E-state index contributed by atoms with van der Waals surface area (Å²) < 4.78 is 18.3. The number of nitrogens with one attached hydrogen (secondary N) is 1. The molecule has 1 aliphatic heterocycles. The van der Waals surface area contributed by atoms with Crippen LogP contribution in [0.2, 0.25) is 0 Å². The molecule has 1 amide bonds. The maximum atomic E-state index is 12.9.